The maximum Gasteiger partial charge on any atom is 0.160 e. The lowest BCUT2D eigenvalue weighted by molar-refractivity contribution is 0.753. The number of fused-ring (bicyclic) bond motifs is 9. The van der Waals surface area contributed by atoms with Crippen molar-refractivity contribution in [3.63, 3.8) is 0 Å². The van der Waals surface area contributed by atoms with Crippen LogP contribution in [0.25, 0.3) is 67.3 Å². The van der Waals surface area contributed by atoms with E-state index in [2.05, 4.69) is 235 Å². The predicted octanol–water partition coefficient (Wildman–Crippen LogP) is 15.0. The van der Waals surface area contributed by atoms with Crippen LogP contribution in [-0.4, -0.2) is 9.97 Å². The molecule has 0 bridgehead atoms. The van der Waals surface area contributed by atoms with E-state index >= 15 is 0 Å². The third-order valence-electron chi connectivity index (χ3n) is 12.7. The number of para-hydroxylation sites is 3. The summed E-state index contributed by atoms with van der Waals surface area (Å²) in [6, 6.07) is 85.2. The minimum absolute atomic E-state index is 0.532. The summed E-state index contributed by atoms with van der Waals surface area (Å²) in [5, 5.41) is 0. The number of aromatic nitrogens is 2. The van der Waals surface area contributed by atoms with E-state index in [1.54, 1.807) is 0 Å². The van der Waals surface area contributed by atoms with E-state index in [4.69, 9.17) is 9.97 Å². The second-order valence-corrected chi connectivity index (χ2v) is 16.1. The summed E-state index contributed by atoms with van der Waals surface area (Å²) in [6.45, 7) is 0. The van der Waals surface area contributed by atoms with Crippen LogP contribution in [0.15, 0.2) is 237 Å². The second kappa shape index (κ2) is 14.5. The molecular formula is C59H39N3. The monoisotopic (exact) mass is 789 g/mol. The first-order valence-electron chi connectivity index (χ1n) is 21.2. The third-order valence-corrected chi connectivity index (χ3v) is 12.7. The summed E-state index contributed by atoms with van der Waals surface area (Å²) < 4.78 is 0. The number of rotatable bonds is 6. The zero-order chi connectivity index (χ0) is 41.0. The Morgan fingerprint density at radius 3 is 1.42 bits per heavy atom. The first kappa shape index (κ1) is 35.8. The molecule has 290 valence electrons. The first-order chi connectivity index (χ1) is 30.7. The van der Waals surface area contributed by atoms with Crippen LogP contribution in [0, 0.1) is 0 Å². The van der Waals surface area contributed by atoms with Gasteiger partial charge in [0.15, 0.2) is 5.82 Å². The maximum absolute atomic E-state index is 5.26. The van der Waals surface area contributed by atoms with Crippen molar-refractivity contribution in [1.82, 2.24) is 9.97 Å². The first-order valence-corrected chi connectivity index (χ1v) is 21.2. The van der Waals surface area contributed by atoms with Gasteiger partial charge < -0.3 is 4.90 Å². The molecule has 0 radical (unpaired) electrons. The van der Waals surface area contributed by atoms with Crippen LogP contribution in [0.2, 0.25) is 0 Å². The molecule has 62 heavy (non-hydrogen) atoms. The Hall–Kier alpha value is -8.14. The van der Waals surface area contributed by atoms with Gasteiger partial charge in [-0.1, -0.05) is 194 Å². The molecule has 2 heterocycles. The van der Waals surface area contributed by atoms with Gasteiger partial charge in [0, 0.05) is 22.4 Å². The van der Waals surface area contributed by atoms with Gasteiger partial charge in [0.1, 0.15) is 0 Å². The lowest BCUT2D eigenvalue weighted by atomic mass is 9.64. The highest BCUT2D eigenvalue weighted by molar-refractivity contribution is 5.96. The fourth-order valence-electron chi connectivity index (χ4n) is 9.92. The van der Waals surface area contributed by atoms with Crippen molar-refractivity contribution in [2.24, 2.45) is 0 Å². The van der Waals surface area contributed by atoms with Crippen LogP contribution >= 0.6 is 0 Å². The number of nitrogens with zero attached hydrogens (tertiary/aromatic N) is 3. The molecule has 0 saturated heterocycles. The van der Waals surface area contributed by atoms with E-state index in [-0.39, 0.29) is 0 Å². The summed E-state index contributed by atoms with van der Waals surface area (Å²) in [5.41, 5.74) is 20.1. The maximum atomic E-state index is 5.26. The van der Waals surface area contributed by atoms with Gasteiger partial charge in [0.05, 0.1) is 28.2 Å². The van der Waals surface area contributed by atoms with Crippen molar-refractivity contribution < 1.29 is 0 Å². The van der Waals surface area contributed by atoms with E-state index in [1.165, 1.54) is 55.9 Å². The van der Waals surface area contributed by atoms with Gasteiger partial charge in [0.25, 0.3) is 0 Å². The Balaban J connectivity index is 1.01. The second-order valence-electron chi connectivity index (χ2n) is 16.1. The van der Waals surface area contributed by atoms with Crippen molar-refractivity contribution in [3.05, 3.63) is 259 Å². The van der Waals surface area contributed by atoms with Crippen molar-refractivity contribution in [2.45, 2.75) is 5.41 Å². The van der Waals surface area contributed by atoms with E-state index in [1.807, 2.05) is 6.07 Å². The summed E-state index contributed by atoms with van der Waals surface area (Å²) in [4.78, 5) is 12.9. The quantitative estimate of drug-likeness (QED) is 0.168. The average Bonchev–Trinajstić information content (AvgIpc) is 3.65. The van der Waals surface area contributed by atoms with Gasteiger partial charge in [-0.05, 0) is 98.1 Å². The molecule has 10 aromatic rings. The van der Waals surface area contributed by atoms with Gasteiger partial charge in [-0.15, -0.1) is 0 Å². The zero-order valence-corrected chi connectivity index (χ0v) is 33.9. The third kappa shape index (κ3) is 5.67. The lowest BCUT2D eigenvalue weighted by Gasteiger charge is -2.45. The fourth-order valence-corrected chi connectivity index (χ4v) is 9.92. The molecule has 0 amide bonds. The largest absolute Gasteiger partial charge is 0.310 e. The van der Waals surface area contributed by atoms with Gasteiger partial charge in [-0.3, -0.25) is 0 Å². The summed E-state index contributed by atoms with van der Waals surface area (Å²) in [5.74, 6) is 0.691. The Morgan fingerprint density at radius 2 is 0.742 bits per heavy atom. The van der Waals surface area contributed by atoms with E-state index in [9.17, 15) is 0 Å². The van der Waals surface area contributed by atoms with E-state index in [0.717, 1.165) is 44.9 Å². The van der Waals surface area contributed by atoms with Crippen LogP contribution in [0.4, 0.5) is 17.1 Å². The molecule has 1 aromatic heterocycles. The molecule has 0 fully saturated rings. The smallest absolute Gasteiger partial charge is 0.160 e. The van der Waals surface area contributed by atoms with Gasteiger partial charge >= 0.3 is 0 Å². The van der Waals surface area contributed by atoms with Crippen LogP contribution in [0.1, 0.15) is 22.3 Å². The number of hydrogen-bond donors (Lipinski definition) is 0. The van der Waals surface area contributed by atoms with Crippen molar-refractivity contribution in [3.8, 4) is 67.3 Å². The van der Waals surface area contributed by atoms with Crippen molar-refractivity contribution in [1.29, 1.82) is 0 Å². The van der Waals surface area contributed by atoms with Crippen molar-refractivity contribution in [2.75, 3.05) is 4.90 Å². The summed E-state index contributed by atoms with van der Waals surface area (Å²) in [7, 11) is 0. The summed E-state index contributed by atoms with van der Waals surface area (Å²) in [6.07, 6.45) is 0. The highest BCUT2D eigenvalue weighted by atomic mass is 15.2. The SMILES string of the molecule is c1ccc(-c2ccc(-c3cc(-c4ccccc4)nc(-c4cccc(-c5ccc6c(c5)C5(c7ccccc7-6)c6ccccc6N(c6ccccc6)c6ccccc65)c4)n3)cc2)cc1. The van der Waals surface area contributed by atoms with Crippen LogP contribution < -0.4 is 4.90 Å². The van der Waals surface area contributed by atoms with Crippen LogP contribution in [0.5, 0.6) is 0 Å². The molecule has 1 spiro atoms. The number of hydrogen-bond acceptors (Lipinski definition) is 3. The van der Waals surface area contributed by atoms with E-state index < -0.39 is 5.41 Å². The van der Waals surface area contributed by atoms with Gasteiger partial charge in [-0.2, -0.15) is 0 Å². The Bertz CT molecular complexity index is 3240. The zero-order valence-electron chi connectivity index (χ0n) is 33.9. The average molecular weight is 790 g/mol. The van der Waals surface area contributed by atoms with Crippen LogP contribution in [0.3, 0.4) is 0 Å². The predicted molar refractivity (Wildman–Crippen MR) is 255 cm³/mol. The molecule has 0 N–H and O–H groups in total. The van der Waals surface area contributed by atoms with Gasteiger partial charge in [0.2, 0.25) is 0 Å². The minimum atomic E-state index is -0.532. The van der Waals surface area contributed by atoms with Crippen LogP contribution in [-0.2, 0) is 5.41 Å². The van der Waals surface area contributed by atoms with E-state index in [0.29, 0.717) is 5.82 Å². The topological polar surface area (TPSA) is 29.0 Å². The number of anilines is 3. The highest BCUT2D eigenvalue weighted by Gasteiger charge is 2.51. The molecule has 0 saturated carbocycles. The molecule has 1 aliphatic heterocycles. The Kier molecular flexibility index (Phi) is 8.39. The molecular weight excluding hydrogens is 751 g/mol. The lowest BCUT2D eigenvalue weighted by Crippen LogP contribution is -2.36. The molecule has 3 nitrogen and oxygen atoms in total. The Morgan fingerprint density at radius 1 is 0.290 bits per heavy atom. The fraction of sp³-hybridized carbons (Fsp3) is 0.0169. The molecule has 2 aliphatic rings. The normalized spacial score (nSPS) is 12.9. The molecule has 12 rings (SSSR count). The highest BCUT2D eigenvalue weighted by Crippen LogP contribution is 2.63. The van der Waals surface area contributed by atoms with Gasteiger partial charge in [-0.25, -0.2) is 9.97 Å². The molecule has 0 unspecified atom stereocenters. The molecule has 9 aromatic carbocycles. The van der Waals surface area contributed by atoms with Crippen molar-refractivity contribution >= 4 is 17.1 Å². The minimum Gasteiger partial charge on any atom is -0.310 e. The standard InChI is InChI=1S/C59H39N3/c1-4-17-40(18-5-1)41-31-33-43(34-32-41)55-39-54(42-19-6-2-7-20-42)60-58(61-55)46-22-16-21-44(37-46)45-35-36-49-48-25-10-11-26-50(48)59(53(49)38-45)51-27-12-14-29-56(51)62(47-23-8-3-9-24-47)57-30-15-13-28-52(57)59/h1-39H. The Labute approximate surface area is 361 Å². The molecule has 0 atom stereocenters. The summed E-state index contributed by atoms with van der Waals surface area (Å²) >= 11 is 0. The molecule has 3 heteroatoms. The molecule has 1 aliphatic carbocycles. The number of benzene rings is 9.